The number of piperidine rings is 1. The molecule has 2 amide bonds. The number of piperazine rings is 1. The number of amides is 2. The zero-order chi connectivity index (χ0) is 23.4. The molecule has 0 unspecified atom stereocenters. The highest BCUT2D eigenvalue weighted by molar-refractivity contribution is 5.94. The minimum Gasteiger partial charge on any atom is -0.497 e. The standard InChI is InChI=1S/C25H36N4O4/c1-3-9-26-12-14-28(15-13-26)25(32)23-17-21(30)18-29(23)20-7-10-27(11-8-20)24(31)19-5-4-6-22(16-19)33-2/h3-6,16,20-21,23,30H,1,7-15,17-18H2,2H3/t21-,23+/m1/s1. The molecule has 33 heavy (non-hydrogen) atoms. The number of benzene rings is 1. The van der Waals surface area contributed by atoms with Gasteiger partial charge in [0.05, 0.1) is 19.3 Å². The first-order valence-corrected chi connectivity index (χ1v) is 12.0. The van der Waals surface area contributed by atoms with Crippen molar-refractivity contribution < 1.29 is 19.4 Å². The van der Waals surface area contributed by atoms with Crippen molar-refractivity contribution in [2.45, 2.75) is 37.5 Å². The second-order valence-corrected chi connectivity index (χ2v) is 9.27. The Kier molecular flexibility index (Phi) is 7.67. The van der Waals surface area contributed by atoms with Crippen LogP contribution in [0.3, 0.4) is 0 Å². The van der Waals surface area contributed by atoms with Gasteiger partial charge in [-0.25, -0.2) is 0 Å². The van der Waals surface area contributed by atoms with Crippen LogP contribution in [0.2, 0.25) is 0 Å². The van der Waals surface area contributed by atoms with E-state index in [4.69, 9.17) is 4.74 Å². The van der Waals surface area contributed by atoms with E-state index in [1.807, 2.05) is 34.1 Å². The van der Waals surface area contributed by atoms with E-state index in [9.17, 15) is 14.7 Å². The van der Waals surface area contributed by atoms with Gasteiger partial charge in [0.15, 0.2) is 0 Å². The minimum absolute atomic E-state index is 0.0128. The molecule has 0 aromatic heterocycles. The molecule has 0 spiro atoms. The quantitative estimate of drug-likeness (QED) is 0.646. The number of rotatable bonds is 6. The van der Waals surface area contributed by atoms with Crippen LogP contribution in [0.4, 0.5) is 0 Å². The van der Waals surface area contributed by atoms with Crippen LogP contribution in [-0.4, -0.2) is 114 Å². The molecule has 0 bridgehead atoms. The normalized spacial score (nSPS) is 25.3. The van der Waals surface area contributed by atoms with Crippen molar-refractivity contribution in [3.63, 3.8) is 0 Å². The Balaban J connectivity index is 1.34. The van der Waals surface area contributed by atoms with E-state index in [0.717, 1.165) is 45.6 Å². The highest BCUT2D eigenvalue weighted by Gasteiger charge is 2.42. The molecule has 4 rings (SSSR count). The fourth-order valence-electron chi connectivity index (χ4n) is 5.37. The van der Waals surface area contributed by atoms with Crippen LogP contribution >= 0.6 is 0 Å². The molecule has 180 valence electrons. The first kappa shape index (κ1) is 23.7. The lowest BCUT2D eigenvalue weighted by molar-refractivity contribution is -0.138. The Hall–Kier alpha value is -2.42. The van der Waals surface area contributed by atoms with Gasteiger partial charge in [0.2, 0.25) is 5.91 Å². The van der Waals surface area contributed by atoms with Crippen LogP contribution in [0.5, 0.6) is 5.75 Å². The van der Waals surface area contributed by atoms with E-state index in [1.165, 1.54) is 0 Å². The summed E-state index contributed by atoms with van der Waals surface area (Å²) in [5.74, 6) is 0.826. The number of carbonyl (C=O) groups is 2. The summed E-state index contributed by atoms with van der Waals surface area (Å²) in [6.07, 6.45) is 3.53. The van der Waals surface area contributed by atoms with Crippen LogP contribution in [-0.2, 0) is 4.79 Å². The van der Waals surface area contributed by atoms with Gasteiger partial charge in [-0.15, -0.1) is 6.58 Å². The lowest BCUT2D eigenvalue weighted by Crippen LogP contribution is -2.56. The van der Waals surface area contributed by atoms with Crippen LogP contribution in [0, 0.1) is 0 Å². The zero-order valence-corrected chi connectivity index (χ0v) is 19.6. The van der Waals surface area contributed by atoms with Gasteiger partial charge in [0, 0.05) is 64.0 Å². The molecule has 0 saturated carbocycles. The molecule has 2 atom stereocenters. The molecule has 8 nitrogen and oxygen atoms in total. The maximum absolute atomic E-state index is 13.3. The van der Waals surface area contributed by atoms with Crippen LogP contribution in [0.25, 0.3) is 0 Å². The van der Waals surface area contributed by atoms with E-state index >= 15 is 0 Å². The Labute approximate surface area is 196 Å². The molecular weight excluding hydrogens is 420 g/mol. The second kappa shape index (κ2) is 10.7. The topological polar surface area (TPSA) is 76.6 Å². The Morgan fingerprint density at radius 2 is 1.85 bits per heavy atom. The number of likely N-dealkylation sites (tertiary alicyclic amines) is 2. The fourth-order valence-corrected chi connectivity index (χ4v) is 5.37. The summed E-state index contributed by atoms with van der Waals surface area (Å²) in [5.41, 5.74) is 0.632. The van der Waals surface area contributed by atoms with Crippen LogP contribution in [0.15, 0.2) is 36.9 Å². The number of β-amino-alcohol motifs (C(OH)–C–C–N with tert-alkyl or cyclic N) is 1. The minimum atomic E-state index is -0.475. The average Bonchev–Trinajstić information content (AvgIpc) is 3.25. The Morgan fingerprint density at radius 3 is 2.52 bits per heavy atom. The number of ether oxygens (including phenoxy) is 1. The van der Waals surface area contributed by atoms with Crippen LogP contribution in [0.1, 0.15) is 29.6 Å². The summed E-state index contributed by atoms with van der Waals surface area (Å²) < 4.78 is 5.25. The number of hydrogen-bond acceptors (Lipinski definition) is 6. The summed E-state index contributed by atoms with van der Waals surface area (Å²) in [6, 6.07) is 7.19. The number of carbonyl (C=O) groups excluding carboxylic acids is 2. The van der Waals surface area contributed by atoms with Gasteiger partial charge in [-0.2, -0.15) is 0 Å². The number of aliphatic hydroxyl groups is 1. The van der Waals surface area contributed by atoms with Crippen molar-refractivity contribution in [3.05, 3.63) is 42.5 Å². The van der Waals surface area contributed by atoms with Gasteiger partial charge < -0.3 is 19.6 Å². The monoisotopic (exact) mass is 456 g/mol. The number of hydrogen-bond donors (Lipinski definition) is 1. The molecule has 3 saturated heterocycles. The lowest BCUT2D eigenvalue weighted by Gasteiger charge is -2.41. The van der Waals surface area contributed by atoms with Crippen molar-refractivity contribution in [3.8, 4) is 5.75 Å². The summed E-state index contributed by atoms with van der Waals surface area (Å²) in [5, 5.41) is 10.4. The van der Waals surface area contributed by atoms with E-state index in [0.29, 0.717) is 37.4 Å². The highest BCUT2D eigenvalue weighted by atomic mass is 16.5. The summed E-state index contributed by atoms with van der Waals surface area (Å²) >= 11 is 0. The third-order valence-electron chi connectivity index (χ3n) is 7.21. The first-order chi connectivity index (χ1) is 16.0. The number of methoxy groups -OCH3 is 1. The molecule has 0 radical (unpaired) electrons. The van der Waals surface area contributed by atoms with Crippen molar-refractivity contribution >= 4 is 11.8 Å². The second-order valence-electron chi connectivity index (χ2n) is 9.27. The molecule has 3 aliphatic rings. The molecule has 8 heteroatoms. The molecule has 3 fully saturated rings. The van der Waals surface area contributed by atoms with Gasteiger partial charge >= 0.3 is 0 Å². The summed E-state index contributed by atoms with van der Waals surface area (Å²) in [7, 11) is 1.60. The van der Waals surface area contributed by atoms with Gasteiger partial charge in [0.25, 0.3) is 5.91 Å². The maximum atomic E-state index is 13.3. The molecule has 3 aliphatic heterocycles. The van der Waals surface area contributed by atoms with Gasteiger partial charge in [-0.05, 0) is 37.5 Å². The number of nitrogens with zero attached hydrogens (tertiary/aromatic N) is 4. The molecule has 1 aromatic carbocycles. The van der Waals surface area contributed by atoms with E-state index in [1.54, 1.807) is 13.2 Å². The third-order valence-corrected chi connectivity index (χ3v) is 7.21. The predicted octanol–water partition coefficient (Wildman–Crippen LogP) is 1.07. The van der Waals surface area contributed by atoms with Crippen molar-refractivity contribution in [1.82, 2.24) is 19.6 Å². The third kappa shape index (κ3) is 5.39. The largest absolute Gasteiger partial charge is 0.497 e. The lowest BCUT2D eigenvalue weighted by atomic mass is 10.0. The average molecular weight is 457 g/mol. The van der Waals surface area contributed by atoms with Gasteiger partial charge in [0.1, 0.15) is 5.75 Å². The fraction of sp³-hybridized carbons (Fsp3) is 0.600. The predicted molar refractivity (Wildman–Crippen MR) is 126 cm³/mol. The van der Waals surface area contributed by atoms with E-state index in [2.05, 4.69) is 16.4 Å². The van der Waals surface area contributed by atoms with E-state index < -0.39 is 6.10 Å². The van der Waals surface area contributed by atoms with E-state index in [-0.39, 0.29) is 23.9 Å². The molecule has 1 aromatic rings. The molecule has 3 heterocycles. The smallest absolute Gasteiger partial charge is 0.253 e. The Bertz CT molecular complexity index is 847. The first-order valence-electron chi connectivity index (χ1n) is 12.0. The summed E-state index contributed by atoms with van der Waals surface area (Å²) in [6.45, 7) is 9.63. The van der Waals surface area contributed by atoms with Gasteiger partial charge in [-0.3, -0.25) is 19.4 Å². The highest BCUT2D eigenvalue weighted by Crippen LogP contribution is 2.28. The SMILES string of the molecule is C=CCN1CCN(C(=O)[C@@H]2C[C@@H](O)CN2C2CCN(C(=O)c3cccc(OC)c3)CC2)CC1. The molecular formula is C25H36N4O4. The van der Waals surface area contributed by atoms with Crippen molar-refractivity contribution in [2.75, 3.05) is 59.5 Å². The summed E-state index contributed by atoms with van der Waals surface area (Å²) in [4.78, 5) is 34.6. The molecule has 1 N–H and O–H groups in total. The number of aliphatic hydroxyl groups excluding tert-OH is 1. The Morgan fingerprint density at radius 1 is 1.12 bits per heavy atom. The zero-order valence-electron chi connectivity index (χ0n) is 19.6. The van der Waals surface area contributed by atoms with Crippen molar-refractivity contribution in [1.29, 1.82) is 0 Å². The van der Waals surface area contributed by atoms with Crippen molar-refractivity contribution in [2.24, 2.45) is 0 Å². The van der Waals surface area contributed by atoms with Gasteiger partial charge in [-0.1, -0.05) is 12.1 Å². The maximum Gasteiger partial charge on any atom is 0.253 e. The molecule has 0 aliphatic carbocycles. The van der Waals surface area contributed by atoms with Crippen LogP contribution < -0.4 is 4.74 Å².